The van der Waals surface area contributed by atoms with Crippen molar-refractivity contribution in [1.82, 2.24) is 9.97 Å². The fourth-order valence-electron chi connectivity index (χ4n) is 2.59. The maximum atomic E-state index is 12.5. The molecule has 0 radical (unpaired) electrons. The molecular formula is C14H13N3O3. The third-order valence-electron chi connectivity index (χ3n) is 3.42. The molecule has 1 aliphatic rings. The van der Waals surface area contributed by atoms with Gasteiger partial charge in [-0.3, -0.25) is 14.6 Å². The molecule has 2 aromatic rings. The maximum Gasteiger partial charge on any atom is 0.326 e. The van der Waals surface area contributed by atoms with Gasteiger partial charge in [0.25, 0.3) is 11.5 Å². The first kappa shape index (κ1) is 12.4. The van der Waals surface area contributed by atoms with Crippen LogP contribution >= 0.6 is 0 Å². The van der Waals surface area contributed by atoms with E-state index < -0.39 is 11.2 Å². The van der Waals surface area contributed by atoms with Crippen LogP contribution in [0.2, 0.25) is 0 Å². The summed E-state index contributed by atoms with van der Waals surface area (Å²) in [5.74, 6) is -0.370. The lowest BCUT2D eigenvalue weighted by atomic mass is 10.1. The third kappa shape index (κ3) is 1.95. The van der Waals surface area contributed by atoms with E-state index in [4.69, 9.17) is 0 Å². The van der Waals surface area contributed by atoms with Crippen LogP contribution in [-0.2, 0) is 6.42 Å². The van der Waals surface area contributed by atoms with Crippen molar-refractivity contribution < 1.29 is 4.79 Å². The van der Waals surface area contributed by atoms with Gasteiger partial charge in [-0.25, -0.2) is 4.79 Å². The second-order valence-corrected chi connectivity index (χ2v) is 4.86. The van der Waals surface area contributed by atoms with Gasteiger partial charge in [0.15, 0.2) is 0 Å². The summed E-state index contributed by atoms with van der Waals surface area (Å²) >= 11 is 0. The van der Waals surface area contributed by atoms with E-state index in [1.165, 1.54) is 0 Å². The lowest BCUT2D eigenvalue weighted by Gasteiger charge is -2.22. The SMILES string of the molecule is CC1Cc2ccccc2N1C(=O)c1cc(=O)[nH]c(=O)[nH]1. The van der Waals surface area contributed by atoms with Gasteiger partial charge in [0.05, 0.1) is 0 Å². The summed E-state index contributed by atoms with van der Waals surface area (Å²) in [6, 6.07) is 8.72. The molecule has 0 saturated heterocycles. The van der Waals surface area contributed by atoms with Crippen LogP contribution in [0.25, 0.3) is 0 Å². The minimum absolute atomic E-state index is 0.00213. The summed E-state index contributed by atoms with van der Waals surface area (Å²) in [6.45, 7) is 1.93. The summed E-state index contributed by atoms with van der Waals surface area (Å²) in [7, 11) is 0. The molecule has 20 heavy (non-hydrogen) atoms. The molecule has 3 rings (SSSR count). The van der Waals surface area contributed by atoms with Crippen LogP contribution in [0.15, 0.2) is 39.9 Å². The Morgan fingerprint density at radius 1 is 1.25 bits per heavy atom. The maximum absolute atomic E-state index is 12.5. The molecule has 1 unspecified atom stereocenters. The van der Waals surface area contributed by atoms with Crippen molar-refractivity contribution in [3.8, 4) is 0 Å². The van der Waals surface area contributed by atoms with E-state index in [2.05, 4.69) is 4.98 Å². The molecule has 0 saturated carbocycles. The number of aromatic nitrogens is 2. The molecule has 0 spiro atoms. The Hall–Kier alpha value is -2.63. The molecule has 0 bridgehead atoms. The number of carbonyl (C=O) groups is 1. The van der Waals surface area contributed by atoms with E-state index >= 15 is 0 Å². The standard InChI is InChI=1S/C14H13N3O3/c1-8-6-9-4-2-3-5-11(9)17(8)13(19)10-7-12(18)16-14(20)15-10/h2-5,7-8H,6H2,1H3,(H2,15,16,18,20). The Kier molecular flexibility index (Phi) is 2.78. The van der Waals surface area contributed by atoms with Crippen LogP contribution in [-0.4, -0.2) is 21.9 Å². The second kappa shape index (κ2) is 4.48. The normalized spacial score (nSPS) is 17.1. The minimum Gasteiger partial charge on any atom is -0.304 e. The molecule has 0 fully saturated rings. The summed E-state index contributed by atoms with van der Waals surface area (Å²) in [6.07, 6.45) is 0.759. The summed E-state index contributed by atoms with van der Waals surface area (Å²) in [4.78, 5) is 41.1. The van der Waals surface area contributed by atoms with Crippen molar-refractivity contribution in [3.05, 3.63) is 62.4 Å². The highest BCUT2D eigenvalue weighted by Crippen LogP contribution is 2.32. The van der Waals surface area contributed by atoms with Crippen molar-refractivity contribution >= 4 is 11.6 Å². The Morgan fingerprint density at radius 3 is 2.75 bits per heavy atom. The number of carbonyl (C=O) groups excluding carboxylic acids is 1. The van der Waals surface area contributed by atoms with E-state index in [9.17, 15) is 14.4 Å². The first-order chi connectivity index (χ1) is 9.56. The second-order valence-electron chi connectivity index (χ2n) is 4.86. The van der Waals surface area contributed by atoms with Gasteiger partial charge in [0.2, 0.25) is 0 Å². The zero-order chi connectivity index (χ0) is 14.3. The Morgan fingerprint density at radius 2 is 2.00 bits per heavy atom. The molecule has 2 heterocycles. The average molecular weight is 271 g/mol. The van der Waals surface area contributed by atoms with Crippen LogP contribution in [0, 0.1) is 0 Å². The number of H-pyrrole nitrogens is 2. The quantitative estimate of drug-likeness (QED) is 0.798. The Bertz CT molecular complexity index is 762. The van der Waals surface area contributed by atoms with Gasteiger partial charge in [-0.2, -0.15) is 0 Å². The first-order valence-corrected chi connectivity index (χ1v) is 6.31. The number of benzene rings is 1. The van der Waals surface area contributed by atoms with Crippen LogP contribution < -0.4 is 16.1 Å². The van der Waals surface area contributed by atoms with Gasteiger partial charge in [-0.15, -0.1) is 0 Å². The number of hydrogen-bond acceptors (Lipinski definition) is 3. The minimum atomic E-state index is -0.680. The first-order valence-electron chi connectivity index (χ1n) is 6.31. The average Bonchev–Trinajstić information content (AvgIpc) is 2.72. The number of para-hydroxylation sites is 1. The Labute approximate surface area is 114 Å². The van der Waals surface area contributed by atoms with Gasteiger partial charge < -0.3 is 9.88 Å². The predicted molar refractivity (Wildman–Crippen MR) is 74.1 cm³/mol. The number of nitrogens with zero attached hydrogens (tertiary/aromatic N) is 1. The van der Waals surface area contributed by atoms with Crippen molar-refractivity contribution in [2.45, 2.75) is 19.4 Å². The summed E-state index contributed by atoms with van der Waals surface area (Å²) in [5, 5.41) is 0. The van der Waals surface area contributed by atoms with Crippen molar-refractivity contribution in [1.29, 1.82) is 0 Å². The topological polar surface area (TPSA) is 86.0 Å². The molecule has 0 aliphatic carbocycles. The van der Waals surface area contributed by atoms with E-state index in [1.807, 2.05) is 36.2 Å². The number of aromatic amines is 2. The van der Waals surface area contributed by atoms with Gasteiger partial charge in [0, 0.05) is 17.8 Å². The van der Waals surface area contributed by atoms with Gasteiger partial charge in [-0.1, -0.05) is 18.2 Å². The lowest BCUT2D eigenvalue weighted by molar-refractivity contribution is 0.0976. The van der Waals surface area contributed by atoms with Crippen LogP contribution in [0.4, 0.5) is 5.69 Å². The van der Waals surface area contributed by atoms with Gasteiger partial charge >= 0.3 is 5.69 Å². The van der Waals surface area contributed by atoms with Crippen LogP contribution in [0.5, 0.6) is 0 Å². The molecular weight excluding hydrogens is 258 g/mol. The zero-order valence-corrected chi connectivity index (χ0v) is 10.8. The van der Waals surface area contributed by atoms with E-state index in [1.54, 1.807) is 4.90 Å². The smallest absolute Gasteiger partial charge is 0.304 e. The number of hydrogen-bond donors (Lipinski definition) is 2. The highest BCUT2D eigenvalue weighted by molar-refractivity contribution is 6.06. The molecule has 1 aromatic heterocycles. The fourth-order valence-corrected chi connectivity index (χ4v) is 2.59. The number of nitrogens with one attached hydrogen (secondary N) is 2. The predicted octanol–water partition coefficient (Wildman–Crippen LogP) is 0.655. The van der Waals surface area contributed by atoms with Crippen molar-refractivity contribution in [2.24, 2.45) is 0 Å². The summed E-state index contributed by atoms with van der Waals surface area (Å²) in [5.41, 5.74) is 0.646. The highest BCUT2D eigenvalue weighted by Gasteiger charge is 2.31. The van der Waals surface area contributed by atoms with Crippen molar-refractivity contribution in [3.63, 3.8) is 0 Å². The van der Waals surface area contributed by atoms with E-state index in [0.29, 0.717) is 0 Å². The van der Waals surface area contributed by atoms with E-state index in [-0.39, 0.29) is 17.6 Å². The monoisotopic (exact) mass is 271 g/mol. The van der Waals surface area contributed by atoms with E-state index in [0.717, 1.165) is 23.7 Å². The van der Waals surface area contributed by atoms with Gasteiger partial charge in [-0.05, 0) is 25.0 Å². The Balaban J connectivity index is 2.07. The third-order valence-corrected chi connectivity index (χ3v) is 3.42. The molecule has 1 atom stereocenters. The van der Waals surface area contributed by atoms with Gasteiger partial charge in [0.1, 0.15) is 5.69 Å². The molecule has 2 N–H and O–H groups in total. The molecule has 1 aromatic carbocycles. The van der Waals surface area contributed by atoms with Crippen LogP contribution in [0.1, 0.15) is 23.0 Å². The summed E-state index contributed by atoms with van der Waals surface area (Å²) < 4.78 is 0. The van der Waals surface area contributed by atoms with Crippen molar-refractivity contribution in [2.75, 3.05) is 4.90 Å². The fraction of sp³-hybridized carbons (Fsp3) is 0.214. The number of amides is 1. The molecule has 1 amide bonds. The number of fused-ring (bicyclic) bond motifs is 1. The number of anilines is 1. The largest absolute Gasteiger partial charge is 0.326 e. The zero-order valence-electron chi connectivity index (χ0n) is 10.8. The number of rotatable bonds is 1. The highest BCUT2D eigenvalue weighted by atomic mass is 16.2. The molecule has 102 valence electrons. The molecule has 6 nitrogen and oxygen atoms in total. The molecule has 1 aliphatic heterocycles. The molecule has 6 heteroatoms. The lowest BCUT2D eigenvalue weighted by Crippen LogP contribution is -2.38. The van der Waals surface area contributed by atoms with Crippen LogP contribution in [0.3, 0.4) is 0 Å².